The topological polar surface area (TPSA) is 70.6 Å². The Kier molecular flexibility index (Phi) is 4.55. The van der Waals surface area contributed by atoms with Gasteiger partial charge in [0, 0.05) is 18.6 Å². The Hall–Kier alpha value is -1.89. The highest BCUT2D eigenvalue weighted by Crippen LogP contribution is 2.24. The molecule has 7 heteroatoms. The molecule has 0 bridgehead atoms. The molecule has 1 aromatic rings. The van der Waals surface area contributed by atoms with Crippen molar-refractivity contribution in [3.63, 3.8) is 0 Å². The summed E-state index contributed by atoms with van der Waals surface area (Å²) in [7, 11) is 0. The van der Waals surface area contributed by atoms with Crippen molar-refractivity contribution in [2.45, 2.75) is 51.4 Å². The zero-order chi connectivity index (χ0) is 16.5. The standard InChI is InChI=1S/C15H20F2N2O3/c1-15(2,3)22-14(21)19-12-6-11(12)18-7-8-4-9(16)13(20)10(17)5-8/h4-5,11-12,18,20H,6-7H2,1-3H3,(H,19,21). The molecule has 3 N–H and O–H groups in total. The number of hydrogen-bond acceptors (Lipinski definition) is 4. The summed E-state index contributed by atoms with van der Waals surface area (Å²) in [5.41, 5.74) is -0.168. The fraction of sp³-hybridized carbons (Fsp3) is 0.533. The molecule has 1 fully saturated rings. The van der Waals surface area contributed by atoms with Crippen LogP contribution in [0.25, 0.3) is 0 Å². The molecule has 0 aromatic heterocycles. The number of phenolic OH excluding ortho intramolecular Hbond substituents is 1. The van der Waals surface area contributed by atoms with Crippen molar-refractivity contribution in [2.75, 3.05) is 0 Å². The monoisotopic (exact) mass is 314 g/mol. The Morgan fingerprint density at radius 3 is 2.45 bits per heavy atom. The highest BCUT2D eigenvalue weighted by atomic mass is 19.1. The number of carbonyl (C=O) groups is 1. The number of hydrogen-bond donors (Lipinski definition) is 3. The van der Waals surface area contributed by atoms with E-state index in [0.29, 0.717) is 5.56 Å². The Labute approximate surface area is 127 Å². The van der Waals surface area contributed by atoms with E-state index in [1.807, 2.05) is 0 Å². The number of rotatable bonds is 4. The predicted octanol–water partition coefficient (Wildman–Crippen LogP) is 2.43. The maximum Gasteiger partial charge on any atom is 0.407 e. The Balaban J connectivity index is 1.77. The number of halogens is 2. The molecule has 1 amide bonds. The molecule has 122 valence electrons. The number of carbonyl (C=O) groups excluding carboxylic acids is 1. The van der Waals surface area contributed by atoms with Gasteiger partial charge in [-0.25, -0.2) is 13.6 Å². The molecule has 0 heterocycles. The maximum absolute atomic E-state index is 13.2. The predicted molar refractivity (Wildman–Crippen MR) is 76.4 cm³/mol. The maximum atomic E-state index is 13.2. The molecule has 5 nitrogen and oxygen atoms in total. The number of nitrogens with one attached hydrogen (secondary N) is 2. The highest BCUT2D eigenvalue weighted by Gasteiger charge is 2.38. The lowest BCUT2D eigenvalue weighted by atomic mass is 10.2. The van der Waals surface area contributed by atoms with Gasteiger partial charge in [-0.1, -0.05) is 0 Å². The summed E-state index contributed by atoms with van der Waals surface area (Å²) in [4.78, 5) is 11.6. The molecule has 0 spiro atoms. The number of amides is 1. The third kappa shape index (κ3) is 4.56. The van der Waals surface area contributed by atoms with Crippen LogP contribution in [0.1, 0.15) is 32.8 Å². The molecule has 2 atom stereocenters. The zero-order valence-corrected chi connectivity index (χ0v) is 12.7. The Morgan fingerprint density at radius 1 is 1.32 bits per heavy atom. The van der Waals surface area contributed by atoms with E-state index in [-0.39, 0.29) is 18.6 Å². The zero-order valence-electron chi connectivity index (χ0n) is 12.7. The van der Waals surface area contributed by atoms with Crippen LogP contribution in [0.4, 0.5) is 13.6 Å². The average Bonchev–Trinajstić information content (AvgIpc) is 3.09. The van der Waals surface area contributed by atoms with Crippen LogP contribution in [0.15, 0.2) is 12.1 Å². The highest BCUT2D eigenvalue weighted by molar-refractivity contribution is 5.68. The van der Waals surface area contributed by atoms with E-state index in [2.05, 4.69) is 10.6 Å². The van der Waals surface area contributed by atoms with Gasteiger partial charge in [0.2, 0.25) is 0 Å². The van der Waals surface area contributed by atoms with E-state index in [9.17, 15) is 13.6 Å². The lowest BCUT2D eigenvalue weighted by Crippen LogP contribution is -2.36. The summed E-state index contributed by atoms with van der Waals surface area (Å²) in [5, 5.41) is 14.8. The fourth-order valence-electron chi connectivity index (χ4n) is 2.01. The molecular formula is C15H20F2N2O3. The van der Waals surface area contributed by atoms with Gasteiger partial charge in [-0.05, 0) is 44.9 Å². The van der Waals surface area contributed by atoms with Crippen molar-refractivity contribution < 1.29 is 23.4 Å². The van der Waals surface area contributed by atoms with Gasteiger partial charge < -0.3 is 20.5 Å². The van der Waals surface area contributed by atoms with Gasteiger partial charge in [-0.3, -0.25) is 0 Å². The van der Waals surface area contributed by atoms with Gasteiger partial charge in [0.05, 0.1) is 0 Å². The van der Waals surface area contributed by atoms with E-state index in [4.69, 9.17) is 9.84 Å². The van der Waals surface area contributed by atoms with Crippen LogP contribution >= 0.6 is 0 Å². The van der Waals surface area contributed by atoms with Gasteiger partial charge in [-0.15, -0.1) is 0 Å². The summed E-state index contributed by atoms with van der Waals surface area (Å²) in [6.45, 7) is 5.58. The van der Waals surface area contributed by atoms with E-state index in [0.717, 1.165) is 18.6 Å². The van der Waals surface area contributed by atoms with Crippen molar-refractivity contribution in [1.82, 2.24) is 10.6 Å². The number of alkyl carbamates (subject to hydrolysis) is 1. The minimum atomic E-state index is -0.990. The van der Waals surface area contributed by atoms with Crippen molar-refractivity contribution >= 4 is 6.09 Å². The average molecular weight is 314 g/mol. The first-order valence-electron chi connectivity index (χ1n) is 7.05. The summed E-state index contributed by atoms with van der Waals surface area (Å²) in [6, 6.07) is 2.13. The number of benzene rings is 1. The number of ether oxygens (including phenoxy) is 1. The van der Waals surface area contributed by atoms with Gasteiger partial charge >= 0.3 is 6.09 Å². The van der Waals surface area contributed by atoms with Crippen LogP contribution in [0.5, 0.6) is 5.75 Å². The molecule has 1 aliphatic carbocycles. The van der Waals surface area contributed by atoms with Gasteiger partial charge in [0.15, 0.2) is 17.4 Å². The molecule has 2 unspecified atom stereocenters. The van der Waals surface area contributed by atoms with Crippen LogP contribution in [-0.4, -0.2) is 28.9 Å². The normalized spacial score (nSPS) is 20.6. The fourth-order valence-corrected chi connectivity index (χ4v) is 2.01. The minimum absolute atomic E-state index is 0.0347. The third-order valence-corrected chi connectivity index (χ3v) is 3.14. The molecule has 1 saturated carbocycles. The minimum Gasteiger partial charge on any atom is -0.503 e. The van der Waals surface area contributed by atoms with Gasteiger partial charge in [0.25, 0.3) is 0 Å². The molecule has 1 aliphatic rings. The van der Waals surface area contributed by atoms with Gasteiger partial charge in [0.1, 0.15) is 5.60 Å². The summed E-state index contributed by atoms with van der Waals surface area (Å²) < 4.78 is 31.5. The van der Waals surface area contributed by atoms with Crippen molar-refractivity contribution in [3.05, 3.63) is 29.3 Å². The first kappa shape index (κ1) is 16.5. The summed E-state index contributed by atoms with van der Waals surface area (Å²) in [6.07, 6.45) is 0.242. The van der Waals surface area contributed by atoms with Crippen LogP contribution in [0, 0.1) is 11.6 Å². The smallest absolute Gasteiger partial charge is 0.407 e. The molecule has 0 aliphatic heterocycles. The second-order valence-corrected chi connectivity index (χ2v) is 6.38. The lowest BCUT2D eigenvalue weighted by Gasteiger charge is -2.19. The van der Waals surface area contributed by atoms with Crippen LogP contribution in [-0.2, 0) is 11.3 Å². The largest absolute Gasteiger partial charge is 0.503 e. The van der Waals surface area contributed by atoms with E-state index in [1.165, 1.54) is 0 Å². The van der Waals surface area contributed by atoms with Gasteiger partial charge in [-0.2, -0.15) is 0 Å². The van der Waals surface area contributed by atoms with Crippen molar-refractivity contribution in [1.29, 1.82) is 0 Å². The quantitative estimate of drug-likeness (QED) is 0.798. The summed E-state index contributed by atoms with van der Waals surface area (Å²) in [5.74, 6) is -2.95. The molecule has 1 aromatic carbocycles. The Bertz CT molecular complexity index is 549. The van der Waals surface area contributed by atoms with Crippen LogP contribution in [0.2, 0.25) is 0 Å². The third-order valence-electron chi connectivity index (χ3n) is 3.14. The van der Waals surface area contributed by atoms with Crippen LogP contribution < -0.4 is 10.6 Å². The molecule has 2 rings (SSSR count). The van der Waals surface area contributed by atoms with E-state index >= 15 is 0 Å². The molecule has 0 radical (unpaired) electrons. The van der Waals surface area contributed by atoms with Crippen molar-refractivity contribution in [3.8, 4) is 5.75 Å². The number of aromatic hydroxyl groups is 1. The summed E-state index contributed by atoms with van der Waals surface area (Å²) >= 11 is 0. The number of phenols is 1. The SMILES string of the molecule is CC(C)(C)OC(=O)NC1CC1NCc1cc(F)c(O)c(F)c1. The Morgan fingerprint density at radius 2 is 1.91 bits per heavy atom. The van der Waals surface area contributed by atoms with E-state index < -0.39 is 29.1 Å². The van der Waals surface area contributed by atoms with Crippen molar-refractivity contribution in [2.24, 2.45) is 0 Å². The first-order chi connectivity index (χ1) is 10.2. The first-order valence-corrected chi connectivity index (χ1v) is 7.05. The molecule has 0 saturated heterocycles. The lowest BCUT2D eigenvalue weighted by molar-refractivity contribution is 0.0522. The second kappa shape index (κ2) is 6.08. The van der Waals surface area contributed by atoms with Crippen LogP contribution in [0.3, 0.4) is 0 Å². The molecule has 22 heavy (non-hydrogen) atoms. The molecular weight excluding hydrogens is 294 g/mol. The van der Waals surface area contributed by atoms with E-state index in [1.54, 1.807) is 20.8 Å². The second-order valence-electron chi connectivity index (χ2n) is 6.38.